The second-order valence-electron chi connectivity index (χ2n) is 5.74. The molecule has 1 aromatic carbocycles. The van der Waals surface area contributed by atoms with Crippen molar-refractivity contribution in [1.82, 2.24) is 9.88 Å². The molecule has 0 radical (unpaired) electrons. The van der Waals surface area contributed by atoms with Gasteiger partial charge in [0.25, 0.3) is 0 Å². The summed E-state index contributed by atoms with van der Waals surface area (Å²) in [6, 6.07) is 8.06. The van der Waals surface area contributed by atoms with Crippen LogP contribution in [0.5, 0.6) is 0 Å². The van der Waals surface area contributed by atoms with E-state index in [9.17, 15) is 5.11 Å². The number of β-amino-alcohol motifs (C(OH)–C–C–N with tert-alkyl or cyclic N) is 1. The van der Waals surface area contributed by atoms with E-state index in [0.717, 1.165) is 33.6 Å². The van der Waals surface area contributed by atoms with Crippen molar-refractivity contribution in [3.8, 4) is 0 Å². The van der Waals surface area contributed by atoms with Gasteiger partial charge in [-0.25, -0.2) is 4.98 Å². The van der Waals surface area contributed by atoms with Gasteiger partial charge in [-0.2, -0.15) is 0 Å². The van der Waals surface area contributed by atoms with Crippen LogP contribution < -0.4 is 0 Å². The number of aliphatic hydroxyl groups is 1. The lowest BCUT2D eigenvalue weighted by molar-refractivity contribution is -0.103. The van der Waals surface area contributed by atoms with Gasteiger partial charge >= 0.3 is 0 Å². The van der Waals surface area contributed by atoms with Crippen LogP contribution in [0.4, 0.5) is 0 Å². The van der Waals surface area contributed by atoms with Crippen LogP contribution in [0.3, 0.4) is 0 Å². The predicted octanol–water partition coefficient (Wildman–Crippen LogP) is 3.15. The van der Waals surface area contributed by atoms with E-state index in [2.05, 4.69) is 9.88 Å². The smallest absolute Gasteiger partial charge is 0.0897 e. The van der Waals surface area contributed by atoms with Gasteiger partial charge in [-0.3, -0.25) is 4.90 Å². The fraction of sp³-hybridized carbons (Fsp3) is 0.438. The van der Waals surface area contributed by atoms with Crippen LogP contribution in [-0.4, -0.2) is 33.7 Å². The number of pyridine rings is 1. The Morgan fingerprint density at radius 3 is 2.75 bits per heavy atom. The van der Waals surface area contributed by atoms with E-state index >= 15 is 0 Å². The normalized spacial score (nSPS) is 18.2. The standard InChI is InChI=1S/C16H19ClN2O/c1-3-16(20)9-19(10-16)8-14-15(17)11(2)12-6-4-5-7-13(12)18-14/h4-7,20H,3,8-10H2,1-2H3. The summed E-state index contributed by atoms with van der Waals surface area (Å²) < 4.78 is 0. The zero-order chi connectivity index (χ0) is 14.3. The monoisotopic (exact) mass is 290 g/mol. The molecule has 0 spiro atoms. The number of aromatic nitrogens is 1. The summed E-state index contributed by atoms with van der Waals surface area (Å²) in [6.45, 7) is 6.16. The average molecular weight is 291 g/mol. The molecule has 0 saturated carbocycles. The fourth-order valence-electron chi connectivity index (χ4n) is 2.86. The molecule has 0 atom stereocenters. The van der Waals surface area contributed by atoms with Crippen LogP contribution in [0.2, 0.25) is 5.02 Å². The van der Waals surface area contributed by atoms with Crippen LogP contribution in [0.1, 0.15) is 24.6 Å². The Bertz CT molecular complexity index is 650. The van der Waals surface area contributed by atoms with E-state index in [1.807, 2.05) is 38.1 Å². The molecule has 0 amide bonds. The molecule has 4 heteroatoms. The third-order valence-corrected chi connectivity index (χ3v) is 4.72. The van der Waals surface area contributed by atoms with Crippen molar-refractivity contribution in [2.45, 2.75) is 32.4 Å². The Balaban J connectivity index is 1.87. The largest absolute Gasteiger partial charge is 0.387 e. The number of nitrogens with zero attached hydrogens (tertiary/aromatic N) is 2. The molecule has 1 fully saturated rings. The zero-order valence-electron chi connectivity index (χ0n) is 11.9. The molecule has 1 saturated heterocycles. The number of aryl methyl sites for hydroxylation is 1. The fourth-order valence-corrected chi connectivity index (χ4v) is 3.06. The summed E-state index contributed by atoms with van der Waals surface area (Å²) in [4.78, 5) is 6.86. The van der Waals surface area contributed by atoms with E-state index in [0.29, 0.717) is 19.6 Å². The number of likely N-dealkylation sites (tertiary alicyclic amines) is 1. The molecule has 0 aliphatic carbocycles. The molecule has 1 aliphatic heterocycles. The zero-order valence-corrected chi connectivity index (χ0v) is 12.6. The molecule has 3 rings (SSSR count). The van der Waals surface area contributed by atoms with Crippen LogP contribution in [0, 0.1) is 6.92 Å². The van der Waals surface area contributed by atoms with Crippen molar-refractivity contribution in [3.05, 3.63) is 40.5 Å². The lowest BCUT2D eigenvalue weighted by Gasteiger charge is -2.46. The topological polar surface area (TPSA) is 36.4 Å². The van der Waals surface area contributed by atoms with Crippen molar-refractivity contribution in [2.24, 2.45) is 0 Å². The molecule has 1 aromatic heterocycles. The molecule has 0 bridgehead atoms. The van der Waals surface area contributed by atoms with Gasteiger partial charge in [-0.15, -0.1) is 0 Å². The van der Waals surface area contributed by atoms with Gasteiger partial charge in [0.2, 0.25) is 0 Å². The van der Waals surface area contributed by atoms with E-state index in [4.69, 9.17) is 11.6 Å². The van der Waals surface area contributed by atoms with Crippen molar-refractivity contribution < 1.29 is 5.11 Å². The molecule has 2 heterocycles. The first kappa shape index (κ1) is 13.8. The first-order valence-corrected chi connectivity index (χ1v) is 7.39. The van der Waals surface area contributed by atoms with Crippen LogP contribution in [-0.2, 0) is 6.54 Å². The second kappa shape index (κ2) is 4.99. The third kappa shape index (κ3) is 2.30. The highest BCUT2D eigenvalue weighted by Crippen LogP contribution is 2.31. The van der Waals surface area contributed by atoms with Crippen molar-refractivity contribution in [1.29, 1.82) is 0 Å². The minimum absolute atomic E-state index is 0.516. The molecule has 1 N–H and O–H groups in total. The maximum atomic E-state index is 10.1. The minimum Gasteiger partial charge on any atom is -0.387 e. The van der Waals surface area contributed by atoms with Gasteiger partial charge in [0.1, 0.15) is 0 Å². The van der Waals surface area contributed by atoms with Crippen LogP contribution in [0.25, 0.3) is 10.9 Å². The van der Waals surface area contributed by atoms with E-state index in [1.165, 1.54) is 0 Å². The van der Waals surface area contributed by atoms with Gasteiger partial charge in [-0.05, 0) is 25.0 Å². The number of fused-ring (bicyclic) bond motifs is 1. The highest BCUT2D eigenvalue weighted by Gasteiger charge is 2.39. The summed E-state index contributed by atoms with van der Waals surface area (Å²) in [7, 11) is 0. The Morgan fingerprint density at radius 2 is 2.05 bits per heavy atom. The Kier molecular flexibility index (Phi) is 3.44. The van der Waals surface area contributed by atoms with Crippen LogP contribution in [0.15, 0.2) is 24.3 Å². The number of para-hydroxylation sites is 1. The lowest BCUT2D eigenvalue weighted by atomic mass is 9.91. The van der Waals surface area contributed by atoms with Gasteiger partial charge in [-0.1, -0.05) is 36.7 Å². The molecule has 3 nitrogen and oxygen atoms in total. The molecular formula is C16H19ClN2O. The number of halogens is 1. The molecule has 2 aromatic rings. The summed E-state index contributed by atoms with van der Waals surface area (Å²) in [6.07, 6.45) is 0.793. The van der Waals surface area contributed by atoms with Gasteiger partial charge in [0.05, 0.1) is 21.8 Å². The summed E-state index contributed by atoms with van der Waals surface area (Å²) in [5, 5.41) is 11.9. The number of rotatable bonds is 3. The summed E-state index contributed by atoms with van der Waals surface area (Å²) in [5.74, 6) is 0. The maximum absolute atomic E-state index is 10.1. The summed E-state index contributed by atoms with van der Waals surface area (Å²) >= 11 is 6.45. The number of benzene rings is 1. The van der Waals surface area contributed by atoms with E-state index in [1.54, 1.807) is 0 Å². The second-order valence-corrected chi connectivity index (χ2v) is 6.12. The number of hydrogen-bond donors (Lipinski definition) is 1. The van der Waals surface area contributed by atoms with E-state index in [-0.39, 0.29) is 0 Å². The van der Waals surface area contributed by atoms with Gasteiger partial charge in [0, 0.05) is 25.0 Å². The third-order valence-electron chi connectivity index (χ3n) is 4.21. The Labute approximate surface area is 124 Å². The quantitative estimate of drug-likeness (QED) is 0.943. The molecule has 1 aliphatic rings. The number of hydrogen-bond acceptors (Lipinski definition) is 3. The SMILES string of the molecule is CCC1(O)CN(Cc2nc3ccccc3c(C)c2Cl)C1. The molecule has 106 valence electrons. The molecule has 0 unspecified atom stereocenters. The Hall–Kier alpha value is -1.16. The highest BCUT2D eigenvalue weighted by molar-refractivity contribution is 6.32. The minimum atomic E-state index is -0.516. The van der Waals surface area contributed by atoms with E-state index < -0.39 is 5.60 Å². The average Bonchev–Trinajstić information content (AvgIpc) is 2.42. The van der Waals surface area contributed by atoms with Crippen LogP contribution >= 0.6 is 11.6 Å². The van der Waals surface area contributed by atoms with Crippen molar-refractivity contribution in [3.63, 3.8) is 0 Å². The lowest BCUT2D eigenvalue weighted by Crippen LogP contribution is -2.60. The molecular weight excluding hydrogens is 272 g/mol. The first-order chi connectivity index (χ1) is 9.52. The van der Waals surface area contributed by atoms with Crippen molar-refractivity contribution >= 4 is 22.5 Å². The Morgan fingerprint density at radius 1 is 1.35 bits per heavy atom. The van der Waals surface area contributed by atoms with Gasteiger partial charge < -0.3 is 5.11 Å². The first-order valence-electron chi connectivity index (χ1n) is 7.01. The van der Waals surface area contributed by atoms with Crippen molar-refractivity contribution in [2.75, 3.05) is 13.1 Å². The maximum Gasteiger partial charge on any atom is 0.0897 e. The van der Waals surface area contributed by atoms with Gasteiger partial charge in [0.15, 0.2) is 0 Å². The highest BCUT2D eigenvalue weighted by atomic mass is 35.5. The summed E-state index contributed by atoms with van der Waals surface area (Å²) in [5.41, 5.74) is 2.45. The molecule has 20 heavy (non-hydrogen) atoms. The predicted molar refractivity (Wildman–Crippen MR) is 82.0 cm³/mol.